The van der Waals surface area contributed by atoms with E-state index in [1.807, 2.05) is 42.5 Å². The number of carbonyl (C=O) groups excluding carboxylic acids is 2. The third kappa shape index (κ3) is 4.76. The van der Waals surface area contributed by atoms with Crippen molar-refractivity contribution in [1.82, 2.24) is 4.57 Å². The molecule has 0 spiro atoms. The molecular formula is C24H19ClN2O3S. The number of amides is 1. The Hall–Kier alpha value is -3.22. The Morgan fingerprint density at radius 3 is 2.39 bits per heavy atom. The number of benzene rings is 3. The van der Waals surface area contributed by atoms with Crippen LogP contribution in [0.1, 0.15) is 21.5 Å². The van der Waals surface area contributed by atoms with Crippen LogP contribution in [0.15, 0.2) is 77.8 Å². The van der Waals surface area contributed by atoms with Gasteiger partial charge in [-0.15, -0.1) is 0 Å². The molecule has 156 valence electrons. The lowest BCUT2D eigenvalue weighted by atomic mass is 10.0. The minimum atomic E-state index is -0.446. The Bertz CT molecular complexity index is 1310. The molecule has 5 nitrogen and oxygen atoms in total. The fraction of sp³-hybridized carbons (Fsp3) is 0.125. The predicted octanol–water partition coefficient (Wildman–Crippen LogP) is 4.86. The van der Waals surface area contributed by atoms with Crippen LogP contribution in [0, 0.1) is 0 Å². The van der Waals surface area contributed by atoms with E-state index in [4.69, 9.17) is 16.3 Å². The van der Waals surface area contributed by atoms with Crippen LogP contribution in [0.4, 0.5) is 0 Å². The first-order chi connectivity index (χ1) is 15.0. The number of nitrogens with zero attached hydrogens (tertiary/aromatic N) is 2. The van der Waals surface area contributed by atoms with E-state index >= 15 is 0 Å². The van der Waals surface area contributed by atoms with Crippen LogP contribution in [-0.2, 0) is 22.5 Å². The molecule has 3 aromatic carbocycles. The third-order valence-electron chi connectivity index (χ3n) is 4.82. The second kappa shape index (κ2) is 9.29. The van der Waals surface area contributed by atoms with Crippen molar-refractivity contribution in [3.63, 3.8) is 0 Å². The first-order valence-corrected chi connectivity index (χ1v) is 10.8. The molecular weight excluding hydrogens is 432 g/mol. The number of aromatic nitrogens is 1. The third-order valence-corrected chi connectivity index (χ3v) is 6.16. The van der Waals surface area contributed by atoms with Crippen molar-refractivity contribution in [2.45, 2.75) is 13.0 Å². The summed E-state index contributed by atoms with van der Waals surface area (Å²) in [5.41, 5.74) is 3.45. The van der Waals surface area contributed by atoms with Crippen molar-refractivity contribution in [3.8, 4) is 0 Å². The summed E-state index contributed by atoms with van der Waals surface area (Å²) in [5.74, 6) is -0.827. The molecule has 31 heavy (non-hydrogen) atoms. The van der Waals surface area contributed by atoms with E-state index in [0.717, 1.165) is 16.7 Å². The molecule has 1 heterocycles. The molecule has 0 saturated heterocycles. The highest BCUT2D eigenvalue weighted by Crippen LogP contribution is 2.25. The molecule has 0 aliphatic rings. The lowest BCUT2D eigenvalue weighted by molar-refractivity contribution is -0.141. The van der Waals surface area contributed by atoms with Gasteiger partial charge in [-0.1, -0.05) is 71.5 Å². The van der Waals surface area contributed by atoms with Crippen molar-refractivity contribution < 1.29 is 14.3 Å². The van der Waals surface area contributed by atoms with Crippen molar-refractivity contribution in [2.75, 3.05) is 7.11 Å². The fourth-order valence-electron chi connectivity index (χ4n) is 3.26. The normalized spacial score (nSPS) is 11.6. The predicted molar refractivity (Wildman–Crippen MR) is 122 cm³/mol. The van der Waals surface area contributed by atoms with Gasteiger partial charge in [-0.2, -0.15) is 4.99 Å². The van der Waals surface area contributed by atoms with Gasteiger partial charge in [0, 0.05) is 5.56 Å². The van der Waals surface area contributed by atoms with Gasteiger partial charge in [-0.05, 0) is 41.8 Å². The van der Waals surface area contributed by atoms with E-state index in [0.29, 0.717) is 20.9 Å². The zero-order valence-electron chi connectivity index (χ0n) is 16.7. The van der Waals surface area contributed by atoms with Crippen molar-refractivity contribution in [1.29, 1.82) is 0 Å². The Morgan fingerprint density at radius 2 is 1.68 bits per heavy atom. The summed E-state index contributed by atoms with van der Waals surface area (Å²) in [4.78, 5) is 29.4. The molecule has 4 rings (SSSR count). The minimum Gasteiger partial charge on any atom is -0.468 e. The number of methoxy groups -OCH3 is 1. The minimum absolute atomic E-state index is 0.0810. The quantitative estimate of drug-likeness (QED) is 0.408. The Labute approximate surface area is 188 Å². The molecule has 4 aromatic rings. The zero-order valence-corrected chi connectivity index (χ0v) is 18.3. The molecule has 1 aromatic heterocycles. The Kier molecular flexibility index (Phi) is 6.30. The largest absolute Gasteiger partial charge is 0.468 e. The molecule has 0 aliphatic carbocycles. The summed E-state index contributed by atoms with van der Waals surface area (Å²) in [7, 11) is 1.32. The molecule has 0 saturated carbocycles. The Morgan fingerprint density at radius 1 is 0.968 bits per heavy atom. The average Bonchev–Trinajstić information content (AvgIpc) is 3.12. The van der Waals surface area contributed by atoms with Gasteiger partial charge in [-0.25, -0.2) is 0 Å². The molecule has 0 atom stereocenters. The van der Waals surface area contributed by atoms with Crippen LogP contribution in [0.2, 0.25) is 5.02 Å². The fourth-order valence-corrected chi connectivity index (χ4v) is 4.65. The van der Waals surface area contributed by atoms with Gasteiger partial charge in [0.2, 0.25) is 0 Å². The molecule has 0 unspecified atom stereocenters. The SMILES string of the molecule is COC(=O)Cn1c(=NC(=O)c2ccc(Cc3ccccc3)cc2)sc2cccc(Cl)c21. The van der Waals surface area contributed by atoms with Crippen LogP contribution >= 0.6 is 22.9 Å². The van der Waals surface area contributed by atoms with E-state index in [1.165, 1.54) is 24.0 Å². The molecule has 0 N–H and O–H groups in total. The first kappa shape index (κ1) is 21.0. The highest BCUT2D eigenvalue weighted by Gasteiger charge is 2.14. The summed E-state index contributed by atoms with van der Waals surface area (Å²) in [6.45, 7) is -0.0810. The van der Waals surface area contributed by atoms with Crippen LogP contribution in [0.5, 0.6) is 0 Å². The standard InChI is InChI=1S/C24H19ClN2O3S/c1-30-21(28)15-27-22-19(25)8-5-9-20(22)31-24(27)26-23(29)18-12-10-17(11-13-18)14-16-6-3-2-4-7-16/h2-13H,14-15H2,1H3. The van der Waals surface area contributed by atoms with Gasteiger partial charge >= 0.3 is 5.97 Å². The van der Waals surface area contributed by atoms with E-state index in [2.05, 4.69) is 17.1 Å². The second-order valence-corrected chi connectivity index (χ2v) is 8.33. The summed E-state index contributed by atoms with van der Waals surface area (Å²) in [6.07, 6.45) is 0.792. The van der Waals surface area contributed by atoms with E-state index < -0.39 is 5.97 Å². The van der Waals surface area contributed by atoms with Crippen molar-refractivity contribution in [3.05, 3.63) is 99.3 Å². The topological polar surface area (TPSA) is 60.7 Å². The number of para-hydroxylation sites is 1. The van der Waals surface area contributed by atoms with E-state index in [1.54, 1.807) is 22.8 Å². The van der Waals surface area contributed by atoms with Crippen LogP contribution < -0.4 is 4.80 Å². The van der Waals surface area contributed by atoms with Gasteiger partial charge in [0.1, 0.15) is 6.54 Å². The number of esters is 1. The number of hydrogen-bond acceptors (Lipinski definition) is 4. The zero-order chi connectivity index (χ0) is 21.8. The van der Waals surface area contributed by atoms with Gasteiger partial charge in [0.25, 0.3) is 5.91 Å². The lowest BCUT2D eigenvalue weighted by Gasteiger charge is -2.05. The lowest BCUT2D eigenvalue weighted by Crippen LogP contribution is -2.22. The maximum Gasteiger partial charge on any atom is 0.325 e. The number of carbonyl (C=O) groups is 2. The molecule has 0 aliphatic heterocycles. The van der Waals surface area contributed by atoms with E-state index in [-0.39, 0.29) is 12.5 Å². The highest BCUT2D eigenvalue weighted by molar-refractivity contribution is 7.16. The van der Waals surface area contributed by atoms with Crippen LogP contribution in [-0.4, -0.2) is 23.6 Å². The van der Waals surface area contributed by atoms with Crippen LogP contribution in [0.25, 0.3) is 10.2 Å². The van der Waals surface area contributed by atoms with Gasteiger partial charge < -0.3 is 9.30 Å². The Balaban J connectivity index is 1.66. The summed E-state index contributed by atoms with van der Waals surface area (Å²) in [5, 5.41) is 0.483. The monoisotopic (exact) mass is 450 g/mol. The highest BCUT2D eigenvalue weighted by atomic mass is 35.5. The number of ether oxygens (including phenoxy) is 1. The van der Waals surface area contributed by atoms with Gasteiger partial charge in [0.05, 0.1) is 22.3 Å². The van der Waals surface area contributed by atoms with Crippen molar-refractivity contribution >= 4 is 45.0 Å². The first-order valence-electron chi connectivity index (χ1n) is 9.62. The van der Waals surface area contributed by atoms with Gasteiger partial charge in [-0.3, -0.25) is 9.59 Å². The average molecular weight is 451 g/mol. The number of rotatable bonds is 5. The smallest absolute Gasteiger partial charge is 0.325 e. The maximum absolute atomic E-state index is 12.8. The molecule has 0 radical (unpaired) electrons. The summed E-state index contributed by atoms with van der Waals surface area (Å²) in [6, 6.07) is 23.0. The summed E-state index contributed by atoms with van der Waals surface area (Å²) < 4.78 is 7.25. The second-order valence-electron chi connectivity index (χ2n) is 6.91. The molecule has 1 amide bonds. The number of thiazole rings is 1. The number of hydrogen-bond donors (Lipinski definition) is 0. The molecule has 0 fully saturated rings. The van der Waals surface area contributed by atoms with Crippen LogP contribution in [0.3, 0.4) is 0 Å². The maximum atomic E-state index is 12.8. The van der Waals surface area contributed by atoms with Crippen molar-refractivity contribution in [2.24, 2.45) is 4.99 Å². The number of fused-ring (bicyclic) bond motifs is 1. The van der Waals surface area contributed by atoms with Gasteiger partial charge in [0.15, 0.2) is 4.80 Å². The molecule has 0 bridgehead atoms. The van der Waals surface area contributed by atoms with E-state index in [9.17, 15) is 9.59 Å². The number of halogens is 1. The summed E-state index contributed by atoms with van der Waals surface area (Å²) >= 11 is 7.65. The molecule has 7 heteroatoms.